The van der Waals surface area contributed by atoms with Gasteiger partial charge in [-0.25, -0.2) is 10.2 Å². The minimum atomic E-state index is -0.975. The number of carbonyl (C=O) groups is 3. The molecule has 9 heteroatoms. The zero-order valence-electron chi connectivity index (χ0n) is 20.8. The van der Waals surface area contributed by atoms with E-state index < -0.39 is 17.8 Å². The van der Waals surface area contributed by atoms with E-state index in [1.54, 1.807) is 54.6 Å². The number of fused-ring (bicyclic) bond motifs is 1. The van der Waals surface area contributed by atoms with Crippen LogP contribution < -0.4 is 25.0 Å². The third kappa shape index (κ3) is 6.33. The maximum atomic E-state index is 12.8. The second-order valence-electron chi connectivity index (χ2n) is 7.93. The topological polar surface area (TPSA) is 115 Å². The molecule has 0 saturated heterocycles. The highest BCUT2D eigenvalue weighted by atomic mass is 16.5. The summed E-state index contributed by atoms with van der Waals surface area (Å²) in [5.74, 6) is -1.04. The molecule has 4 aromatic carbocycles. The van der Waals surface area contributed by atoms with Gasteiger partial charge in [0.15, 0.2) is 0 Å². The summed E-state index contributed by atoms with van der Waals surface area (Å²) in [6, 6.07) is 24.1. The molecule has 0 spiro atoms. The van der Waals surface area contributed by atoms with E-state index in [-0.39, 0.29) is 5.75 Å². The fourth-order valence-corrected chi connectivity index (χ4v) is 3.61. The molecule has 4 aromatic rings. The Balaban J connectivity index is 1.51. The van der Waals surface area contributed by atoms with Crippen molar-refractivity contribution in [1.29, 1.82) is 0 Å². The van der Waals surface area contributed by atoms with Crippen LogP contribution in [-0.4, -0.2) is 37.7 Å². The Morgan fingerprint density at radius 3 is 2.42 bits per heavy atom. The Morgan fingerprint density at radius 2 is 1.66 bits per heavy atom. The van der Waals surface area contributed by atoms with Crippen molar-refractivity contribution in [3.05, 3.63) is 96.1 Å². The smallest absolute Gasteiger partial charge is 0.343 e. The lowest BCUT2D eigenvalue weighted by molar-refractivity contribution is -0.136. The molecule has 2 amide bonds. The standard InChI is InChI=1S/C29H25N3O6/c1-3-37-22-14-11-20(12-15-22)29(35)38-26-16-13-19-7-4-5-10-24(19)25(26)18-30-32-28(34)27(33)31-21-8-6-9-23(17-21)36-2/h4-18H,3H2,1-2H3,(H,31,33)(H,32,34)/b30-18-. The molecule has 0 aliphatic rings. The van der Waals surface area contributed by atoms with E-state index in [1.807, 2.05) is 37.3 Å². The van der Waals surface area contributed by atoms with E-state index in [4.69, 9.17) is 14.2 Å². The number of methoxy groups -OCH3 is 1. The highest BCUT2D eigenvalue weighted by molar-refractivity contribution is 6.39. The fraction of sp³-hybridized carbons (Fsp3) is 0.103. The third-order valence-electron chi connectivity index (χ3n) is 5.43. The van der Waals surface area contributed by atoms with Crippen molar-refractivity contribution in [3.8, 4) is 17.2 Å². The number of hydrogen-bond acceptors (Lipinski definition) is 7. The Kier molecular flexibility index (Phi) is 8.30. The second-order valence-corrected chi connectivity index (χ2v) is 7.93. The van der Waals surface area contributed by atoms with Crippen molar-refractivity contribution in [2.75, 3.05) is 19.0 Å². The van der Waals surface area contributed by atoms with Gasteiger partial charge < -0.3 is 19.5 Å². The van der Waals surface area contributed by atoms with Gasteiger partial charge in [0.25, 0.3) is 0 Å². The van der Waals surface area contributed by atoms with E-state index in [0.717, 1.165) is 10.8 Å². The number of carbonyl (C=O) groups excluding carboxylic acids is 3. The van der Waals surface area contributed by atoms with Crippen LogP contribution in [0.25, 0.3) is 10.8 Å². The van der Waals surface area contributed by atoms with E-state index >= 15 is 0 Å². The van der Waals surface area contributed by atoms with Crippen molar-refractivity contribution in [3.63, 3.8) is 0 Å². The summed E-state index contributed by atoms with van der Waals surface area (Å²) >= 11 is 0. The molecule has 0 atom stereocenters. The quantitative estimate of drug-likeness (QED) is 0.118. The van der Waals surface area contributed by atoms with Crippen LogP contribution in [0.4, 0.5) is 5.69 Å². The highest BCUT2D eigenvalue weighted by Gasteiger charge is 2.16. The van der Waals surface area contributed by atoms with Gasteiger partial charge in [0.2, 0.25) is 0 Å². The Morgan fingerprint density at radius 1 is 0.868 bits per heavy atom. The fourth-order valence-electron chi connectivity index (χ4n) is 3.61. The van der Waals surface area contributed by atoms with Gasteiger partial charge in [-0.1, -0.05) is 36.4 Å². The minimum absolute atomic E-state index is 0.237. The minimum Gasteiger partial charge on any atom is -0.497 e. The molecule has 0 heterocycles. The summed E-state index contributed by atoms with van der Waals surface area (Å²) in [5.41, 5.74) is 3.40. The second kappa shape index (κ2) is 12.2. The molecular formula is C29H25N3O6. The lowest BCUT2D eigenvalue weighted by Crippen LogP contribution is -2.32. The summed E-state index contributed by atoms with van der Waals surface area (Å²) in [6.07, 6.45) is 1.33. The van der Waals surface area contributed by atoms with Gasteiger partial charge in [0, 0.05) is 17.3 Å². The summed E-state index contributed by atoms with van der Waals surface area (Å²) in [6.45, 7) is 2.39. The lowest BCUT2D eigenvalue weighted by atomic mass is 10.0. The zero-order valence-corrected chi connectivity index (χ0v) is 20.8. The average molecular weight is 512 g/mol. The molecule has 0 aliphatic carbocycles. The molecule has 0 unspecified atom stereocenters. The van der Waals surface area contributed by atoms with Crippen molar-refractivity contribution in [2.45, 2.75) is 6.92 Å². The molecule has 0 fully saturated rings. The number of hydrogen-bond donors (Lipinski definition) is 2. The van der Waals surface area contributed by atoms with Gasteiger partial charge in [-0.2, -0.15) is 5.10 Å². The summed E-state index contributed by atoms with van der Waals surface area (Å²) in [7, 11) is 1.50. The molecule has 38 heavy (non-hydrogen) atoms. The van der Waals surface area contributed by atoms with Crippen molar-refractivity contribution in [2.24, 2.45) is 5.10 Å². The molecule has 0 bridgehead atoms. The monoisotopic (exact) mass is 511 g/mol. The van der Waals surface area contributed by atoms with Crippen LogP contribution in [0.1, 0.15) is 22.8 Å². The number of rotatable bonds is 8. The number of hydrazone groups is 1. The van der Waals surface area contributed by atoms with E-state index in [1.165, 1.54) is 13.3 Å². The van der Waals surface area contributed by atoms with Gasteiger partial charge in [-0.3, -0.25) is 9.59 Å². The molecule has 2 N–H and O–H groups in total. The number of nitrogens with one attached hydrogen (secondary N) is 2. The Hall–Kier alpha value is -5.18. The predicted molar refractivity (Wildman–Crippen MR) is 144 cm³/mol. The molecule has 9 nitrogen and oxygen atoms in total. The lowest BCUT2D eigenvalue weighted by Gasteiger charge is -2.11. The first kappa shape index (κ1) is 25.9. The molecule has 4 rings (SSSR count). The number of amides is 2. The van der Waals surface area contributed by atoms with E-state index in [2.05, 4.69) is 15.8 Å². The third-order valence-corrected chi connectivity index (χ3v) is 5.43. The SMILES string of the molecule is CCOc1ccc(C(=O)Oc2ccc3ccccc3c2/C=N\NC(=O)C(=O)Nc2cccc(OC)c2)cc1. The molecule has 192 valence electrons. The van der Waals surface area contributed by atoms with Gasteiger partial charge in [0.05, 0.1) is 25.5 Å². The maximum absolute atomic E-state index is 12.8. The normalized spacial score (nSPS) is 10.7. The largest absolute Gasteiger partial charge is 0.497 e. The van der Waals surface area contributed by atoms with Crippen LogP contribution >= 0.6 is 0 Å². The first-order valence-corrected chi connectivity index (χ1v) is 11.7. The zero-order chi connectivity index (χ0) is 26.9. The first-order valence-electron chi connectivity index (χ1n) is 11.7. The molecular weight excluding hydrogens is 486 g/mol. The number of benzene rings is 4. The van der Waals surface area contributed by atoms with E-state index in [9.17, 15) is 14.4 Å². The van der Waals surface area contributed by atoms with Gasteiger partial charge >= 0.3 is 17.8 Å². The van der Waals surface area contributed by atoms with Crippen molar-refractivity contribution in [1.82, 2.24) is 5.43 Å². The van der Waals surface area contributed by atoms with E-state index in [0.29, 0.717) is 34.9 Å². The maximum Gasteiger partial charge on any atom is 0.343 e. The molecule has 0 aliphatic heterocycles. The van der Waals surface area contributed by atoms with Crippen LogP contribution in [0, 0.1) is 0 Å². The van der Waals surface area contributed by atoms with Crippen LogP contribution in [0.15, 0.2) is 90.0 Å². The summed E-state index contributed by atoms with van der Waals surface area (Å²) < 4.78 is 16.2. The average Bonchev–Trinajstić information content (AvgIpc) is 2.94. The molecule has 0 saturated carbocycles. The molecule has 0 radical (unpaired) electrons. The van der Waals surface area contributed by atoms with Gasteiger partial charge in [-0.05, 0) is 60.2 Å². The van der Waals surface area contributed by atoms with Gasteiger partial charge in [-0.15, -0.1) is 0 Å². The van der Waals surface area contributed by atoms with Crippen LogP contribution in [0.3, 0.4) is 0 Å². The van der Waals surface area contributed by atoms with Crippen molar-refractivity contribution >= 4 is 40.5 Å². The van der Waals surface area contributed by atoms with Crippen molar-refractivity contribution < 1.29 is 28.6 Å². The highest BCUT2D eigenvalue weighted by Crippen LogP contribution is 2.27. The number of nitrogens with zero attached hydrogens (tertiary/aromatic N) is 1. The summed E-state index contributed by atoms with van der Waals surface area (Å²) in [5, 5.41) is 8.03. The predicted octanol–water partition coefficient (Wildman–Crippen LogP) is 4.56. The van der Waals surface area contributed by atoms with Crippen LogP contribution in [-0.2, 0) is 9.59 Å². The molecule has 0 aromatic heterocycles. The number of ether oxygens (including phenoxy) is 3. The number of esters is 1. The Bertz CT molecular complexity index is 1500. The van der Waals surface area contributed by atoms with Gasteiger partial charge in [0.1, 0.15) is 17.2 Å². The van der Waals surface area contributed by atoms with Crippen LogP contribution in [0.2, 0.25) is 0 Å². The first-order chi connectivity index (χ1) is 18.5. The van der Waals surface area contributed by atoms with Crippen LogP contribution in [0.5, 0.6) is 17.2 Å². The number of anilines is 1. The Labute approximate surface area is 219 Å². The summed E-state index contributed by atoms with van der Waals surface area (Å²) in [4.78, 5) is 37.4.